The molecule has 0 heterocycles. The molecular weight excluding hydrogens is 366 g/mol. The minimum atomic E-state index is -2.90. The van der Waals surface area contributed by atoms with Gasteiger partial charge in [0.2, 0.25) is 5.91 Å². The van der Waals surface area contributed by atoms with E-state index in [4.69, 9.17) is 0 Å². The van der Waals surface area contributed by atoms with E-state index in [9.17, 15) is 13.6 Å². The van der Waals surface area contributed by atoms with Crippen molar-refractivity contribution in [3.63, 3.8) is 0 Å². The minimum Gasteiger partial charge on any atom is -0.434 e. The van der Waals surface area contributed by atoms with Crippen LogP contribution in [0.5, 0.6) is 5.75 Å². The number of para-hydroxylation sites is 1. The number of carbonyl (C=O) groups excluding carboxylic acids is 1. The van der Waals surface area contributed by atoms with Gasteiger partial charge in [-0.25, -0.2) is 4.99 Å². The molecule has 0 bridgehead atoms. The number of aryl methyl sites for hydroxylation is 1. The van der Waals surface area contributed by atoms with Crippen molar-refractivity contribution >= 4 is 17.6 Å². The van der Waals surface area contributed by atoms with E-state index in [1.54, 1.807) is 24.3 Å². The van der Waals surface area contributed by atoms with E-state index in [-0.39, 0.29) is 24.7 Å². The van der Waals surface area contributed by atoms with E-state index in [0.29, 0.717) is 23.8 Å². The lowest BCUT2D eigenvalue weighted by Gasteiger charge is -2.13. The summed E-state index contributed by atoms with van der Waals surface area (Å²) < 4.78 is 29.7. The number of ether oxygens (including phenoxy) is 1. The molecule has 2 rings (SSSR count). The zero-order chi connectivity index (χ0) is 20.4. The molecule has 150 valence electrons. The number of amides is 1. The Balaban J connectivity index is 2.00. The van der Waals surface area contributed by atoms with Crippen LogP contribution in [0.1, 0.15) is 18.1 Å². The van der Waals surface area contributed by atoms with E-state index < -0.39 is 6.61 Å². The number of nitrogens with one attached hydrogen (secondary N) is 3. The molecule has 0 aliphatic heterocycles. The number of nitrogens with zero attached hydrogens (tertiary/aromatic N) is 1. The van der Waals surface area contributed by atoms with Crippen LogP contribution in [0.2, 0.25) is 0 Å². The number of benzene rings is 2. The summed E-state index contributed by atoms with van der Waals surface area (Å²) in [6.45, 7) is 1.56. The van der Waals surface area contributed by atoms with E-state index in [2.05, 4.69) is 25.7 Å². The maximum absolute atomic E-state index is 12.6. The smallest absolute Gasteiger partial charge is 0.387 e. The SMILES string of the molecule is CCNC(=NCc1cc(C)ccc1OC(F)F)NCC(=O)Nc1ccccc1. The maximum atomic E-state index is 12.6. The molecule has 0 aliphatic carbocycles. The van der Waals surface area contributed by atoms with E-state index in [0.717, 1.165) is 5.56 Å². The van der Waals surface area contributed by atoms with Gasteiger partial charge in [0, 0.05) is 17.8 Å². The Morgan fingerprint density at radius 3 is 2.57 bits per heavy atom. The van der Waals surface area contributed by atoms with Gasteiger partial charge >= 0.3 is 6.61 Å². The van der Waals surface area contributed by atoms with Gasteiger partial charge in [-0.3, -0.25) is 4.79 Å². The highest BCUT2D eigenvalue weighted by molar-refractivity contribution is 5.94. The van der Waals surface area contributed by atoms with Crippen LogP contribution in [-0.2, 0) is 11.3 Å². The lowest BCUT2D eigenvalue weighted by Crippen LogP contribution is -2.41. The quantitative estimate of drug-likeness (QED) is 0.478. The number of anilines is 1. The normalized spacial score (nSPS) is 11.2. The average molecular weight is 390 g/mol. The van der Waals surface area contributed by atoms with Gasteiger partial charge in [-0.1, -0.05) is 35.9 Å². The Bertz CT molecular complexity index is 798. The lowest BCUT2D eigenvalue weighted by atomic mass is 10.1. The van der Waals surface area contributed by atoms with Gasteiger partial charge in [-0.05, 0) is 32.0 Å². The summed E-state index contributed by atoms with van der Waals surface area (Å²) in [7, 11) is 0. The summed E-state index contributed by atoms with van der Waals surface area (Å²) in [6.07, 6.45) is 0. The fourth-order valence-corrected chi connectivity index (χ4v) is 2.44. The lowest BCUT2D eigenvalue weighted by molar-refractivity contribution is -0.115. The van der Waals surface area contributed by atoms with E-state index in [1.165, 1.54) is 6.07 Å². The van der Waals surface area contributed by atoms with Crippen molar-refractivity contribution in [1.82, 2.24) is 10.6 Å². The highest BCUT2D eigenvalue weighted by Crippen LogP contribution is 2.22. The molecule has 0 aromatic heterocycles. The van der Waals surface area contributed by atoms with Crippen LogP contribution < -0.4 is 20.7 Å². The van der Waals surface area contributed by atoms with Crippen LogP contribution in [0.25, 0.3) is 0 Å². The second-order valence-corrected chi connectivity index (χ2v) is 5.95. The van der Waals surface area contributed by atoms with Crippen molar-refractivity contribution in [2.45, 2.75) is 27.0 Å². The number of alkyl halides is 2. The van der Waals surface area contributed by atoms with Crippen LogP contribution in [0.15, 0.2) is 53.5 Å². The minimum absolute atomic E-state index is 0.00887. The number of carbonyl (C=O) groups is 1. The third-order valence-electron chi connectivity index (χ3n) is 3.66. The zero-order valence-electron chi connectivity index (χ0n) is 15.8. The van der Waals surface area contributed by atoms with Crippen molar-refractivity contribution in [2.24, 2.45) is 4.99 Å². The van der Waals surface area contributed by atoms with Gasteiger partial charge in [-0.15, -0.1) is 0 Å². The third-order valence-corrected chi connectivity index (χ3v) is 3.66. The molecule has 2 aromatic rings. The fraction of sp³-hybridized carbons (Fsp3) is 0.300. The summed E-state index contributed by atoms with van der Waals surface area (Å²) >= 11 is 0. The largest absolute Gasteiger partial charge is 0.434 e. The van der Waals surface area contributed by atoms with Crippen LogP contribution in [0, 0.1) is 6.92 Å². The van der Waals surface area contributed by atoms with Crippen LogP contribution in [0.3, 0.4) is 0 Å². The van der Waals surface area contributed by atoms with Gasteiger partial charge in [-0.2, -0.15) is 8.78 Å². The van der Waals surface area contributed by atoms with Gasteiger partial charge in [0.05, 0.1) is 13.1 Å². The molecule has 6 nitrogen and oxygen atoms in total. The molecule has 0 atom stereocenters. The molecule has 0 aliphatic rings. The average Bonchev–Trinajstić information content (AvgIpc) is 2.66. The second-order valence-electron chi connectivity index (χ2n) is 5.95. The highest BCUT2D eigenvalue weighted by Gasteiger charge is 2.10. The molecular formula is C20H24F2N4O2. The summed E-state index contributed by atoms with van der Waals surface area (Å²) in [5.41, 5.74) is 2.14. The van der Waals surface area contributed by atoms with E-state index >= 15 is 0 Å². The predicted octanol–water partition coefficient (Wildman–Crippen LogP) is 3.29. The number of hydrogen-bond acceptors (Lipinski definition) is 3. The Morgan fingerprint density at radius 1 is 1.14 bits per heavy atom. The number of halogens is 2. The first-order chi connectivity index (χ1) is 13.5. The molecule has 0 radical (unpaired) electrons. The van der Waals surface area contributed by atoms with Gasteiger partial charge < -0.3 is 20.7 Å². The summed E-state index contributed by atoms with van der Waals surface area (Å²) in [5.74, 6) is 0.256. The zero-order valence-corrected chi connectivity index (χ0v) is 15.8. The van der Waals surface area contributed by atoms with Crippen molar-refractivity contribution in [3.05, 3.63) is 59.7 Å². The number of guanidine groups is 1. The van der Waals surface area contributed by atoms with Crippen LogP contribution in [0.4, 0.5) is 14.5 Å². The van der Waals surface area contributed by atoms with Crippen LogP contribution in [-0.4, -0.2) is 31.6 Å². The van der Waals surface area contributed by atoms with E-state index in [1.807, 2.05) is 32.0 Å². The van der Waals surface area contributed by atoms with Crippen molar-refractivity contribution < 1.29 is 18.3 Å². The standard InChI is InChI=1S/C20H24F2N4O2/c1-3-23-20(25-13-18(27)26-16-7-5-4-6-8-16)24-12-15-11-14(2)9-10-17(15)28-19(21)22/h4-11,19H,3,12-13H2,1-2H3,(H,26,27)(H2,23,24,25). The van der Waals surface area contributed by atoms with Crippen molar-refractivity contribution in [1.29, 1.82) is 0 Å². The van der Waals surface area contributed by atoms with Gasteiger partial charge in [0.25, 0.3) is 0 Å². The first kappa shape index (κ1) is 21.1. The molecule has 28 heavy (non-hydrogen) atoms. The monoisotopic (exact) mass is 390 g/mol. The molecule has 0 spiro atoms. The van der Waals surface area contributed by atoms with Crippen molar-refractivity contribution in [3.8, 4) is 5.75 Å². The molecule has 1 amide bonds. The third kappa shape index (κ3) is 7.22. The highest BCUT2D eigenvalue weighted by atomic mass is 19.3. The number of hydrogen-bond donors (Lipinski definition) is 3. The first-order valence-electron chi connectivity index (χ1n) is 8.89. The Kier molecular flexibility index (Phi) is 8.20. The second kappa shape index (κ2) is 10.9. The Labute approximate surface area is 163 Å². The molecule has 3 N–H and O–H groups in total. The number of rotatable bonds is 8. The van der Waals surface area contributed by atoms with Crippen molar-refractivity contribution in [2.75, 3.05) is 18.4 Å². The Morgan fingerprint density at radius 2 is 1.89 bits per heavy atom. The van der Waals surface area contributed by atoms with Crippen LogP contribution >= 0.6 is 0 Å². The number of aliphatic imine (C=N–C) groups is 1. The predicted molar refractivity (Wildman–Crippen MR) is 106 cm³/mol. The molecule has 0 saturated carbocycles. The molecule has 0 fully saturated rings. The van der Waals surface area contributed by atoms with Gasteiger partial charge in [0.15, 0.2) is 5.96 Å². The topological polar surface area (TPSA) is 74.8 Å². The molecule has 0 unspecified atom stereocenters. The molecule has 8 heteroatoms. The summed E-state index contributed by atoms with van der Waals surface area (Å²) in [5, 5.41) is 8.70. The van der Waals surface area contributed by atoms with Gasteiger partial charge in [0.1, 0.15) is 5.75 Å². The first-order valence-corrected chi connectivity index (χ1v) is 8.89. The molecule has 2 aromatic carbocycles. The summed E-state index contributed by atoms with van der Waals surface area (Å²) in [6, 6.07) is 14.0. The fourth-order valence-electron chi connectivity index (χ4n) is 2.44. The maximum Gasteiger partial charge on any atom is 0.387 e. The summed E-state index contributed by atoms with van der Waals surface area (Å²) in [4.78, 5) is 16.4. The Hall–Kier alpha value is -3.16. The molecule has 0 saturated heterocycles.